The first-order valence-corrected chi connectivity index (χ1v) is 6.31. The standard InChI is InChI=1S/C13H16FNO4/c1-16-15-10-3-2-8(14)4-11(10)19-9-5-12-13(6-9)18-7-17-12/h2-4,9,12-13,15H,5-7H2,1H3/p+1. The van der Waals surface area contributed by atoms with Gasteiger partial charge in [-0.15, -0.1) is 0 Å². The molecular formula is C13H17FNO4+. The maximum atomic E-state index is 13.3. The Labute approximate surface area is 110 Å². The molecule has 1 heterocycles. The number of nitrogens with two attached hydrogens (primary N) is 1. The number of fused-ring (bicyclic) bond motifs is 1. The number of ether oxygens (including phenoxy) is 3. The highest BCUT2D eigenvalue weighted by atomic mass is 19.1. The van der Waals surface area contributed by atoms with Crippen molar-refractivity contribution >= 4 is 5.69 Å². The van der Waals surface area contributed by atoms with Gasteiger partial charge < -0.3 is 14.2 Å². The molecule has 2 unspecified atom stereocenters. The van der Waals surface area contributed by atoms with E-state index < -0.39 is 0 Å². The molecule has 0 amide bonds. The van der Waals surface area contributed by atoms with Crippen molar-refractivity contribution in [3.63, 3.8) is 0 Å². The summed E-state index contributed by atoms with van der Waals surface area (Å²) in [7, 11) is 1.55. The predicted molar refractivity (Wildman–Crippen MR) is 63.3 cm³/mol. The average Bonchev–Trinajstić information content (AvgIpc) is 2.93. The Morgan fingerprint density at radius 1 is 1.26 bits per heavy atom. The van der Waals surface area contributed by atoms with Crippen molar-refractivity contribution in [2.45, 2.75) is 31.2 Å². The van der Waals surface area contributed by atoms with Gasteiger partial charge >= 0.3 is 0 Å². The second-order valence-electron chi connectivity index (χ2n) is 4.78. The molecule has 0 spiro atoms. The third kappa shape index (κ3) is 2.71. The summed E-state index contributed by atoms with van der Waals surface area (Å²) in [4.78, 5) is 4.97. The molecule has 1 aliphatic heterocycles. The molecule has 1 saturated heterocycles. The van der Waals surface area contributed by atoms with E-state index in [9.17, 15) is 4.39 Å². The lowest BCUT2D eigenvalue weighted by atomic mass is 10.2. The van der Waals surface area contributed by atoms with Crippen LogP contribution >= 0.6 is 0 Å². The Balaban J connectivity index is 1.70. The predicted octanol–water partition coefficient (Wildman–Crippen LogP) is 0.865. The minimum absolute atomic E-state index is 0.0129. The van der Waals surface area contributed by atoms with Gasteiger partial charge in [0, 0.05) is 25.0 Å². The molecular weight excluding hydrogens is 253 g/mol. The van der Waals surface area contributed by atoms with Crippen LogP contribution in [0, 0.1) is 5.82 Å². The Morgan fingerprint density at radius 3 is 2.68 bits per heavy atom. The average molecular weight is 270 g/mol. The molecule has 2 fully saturated rings. The quantitative estimate of drug-likeness (QED) is 0.651. The molecule has 19 heavy (non-hydrogen) atoms. The highest BCUT2D eigenvalue weighted by Gasteiger charge is 2.41. The fourth-order valence-electron chi connectivity index (χ4n) is 2.59. The van der Waals surface area contributed by atoms with Crippen molar-refractivity contribution in [2.75, 3.05) is 13.9 Å². The van der Waals surface area contributed by atoms with Crippen LogP contribution in [0.4, 0.5) is 10.1 Å². The van der Waals surface area contributed by atoms with Crippen molar-refractivity contribution in [1.82, 2.24) is 0 Å². The van der Waals surface area contributed by atoms with Gasteiger partial charge in [-0.3, -0.25) is 0 Å². The van der Waals surface area contributed by atoms with Crippen molar-refractivity contribution < 1.29 is 28.9 Å². The smallest absolute Gasteiger partial charge is 0.204 e. The number of benzene rings is 1. The monoisotopic (exact) mass is 270 g/mol. The first-order valence-electron chi connectivity index (χ1n) is 6.31. The number of halogens is 1. The Bertz CT molecular complexity index is 444. The summed E-state index contributed by atoms with van der Waals surface area (Å²) in [6, 6.07) is 4.39. The summed E-state index contributed by atoms with van der Waals surface area (Å²) in [5.74, 6) is 0.167. The maximum absolute atomic E-state index is 13.3. The first-order chi connectivity index (χ1) is 9.26. The summed E-state index contributed by atoms with van der Waals surface area (Å²) in [6.07, 6.45) is 1.74. The molecule has 6 heteroatoms. The van der Waals surface area contributed by atoms with E-state index in [4.69, 9.17) is 19.0 Å². The molecule has 0 bridgehead atoms. The topological polar surface area (TPSA) is 53.5 Å². The summed E-state index contributed by atoms with van der Waals surface area (Å²) < 4.78 is 30.0. The van der Waals surface area contributed by atoms with Gasteiger partial charge in [-0.25, -0.2) is 9.23 Å². The van der Waals surface area contributed by atoms with E-state index in [1.807, 2.05) is 0 Å². The largest absolute Gasteiger partial charge is 0.484 e. The Morgan fingerprint density at radius 2 is 2.00 bits per heavy atom. The molecule has 2 aliphatic rings. The lowest BCUT2D eigenvalue weighted by Gasteiger charge is -2.15. The molecule has 1 aliphatic carbocycles. The summed E-state index contributed by atoms with van der Waals surface area (Å²) >= 11 is 0. The first kappa shape index (κ1) is 12.8. The van der Waals surface area contributed by atoms with Crippen molar-refractivity contribution in [2.24, 2.45) is 0 Å². The molecule has 0 aromatic heterocycles. The molecule has 2 N–H and O–H groups in total. The van der Waals surface area contributed by atoms with E-state index in [1.165, 1.54) is 17.6 Å². The molecule has 2 atom stereocenters. The van der Waals surface area contributed by atoms with Crippen LogP contribution < -0.4 is 10.2 Å². The molecule has 104 valence electrons. The SMILES string of the molecule is CO[NH2+]c1ccc(F)cc1OC1CC2OCOC2C1. The Kier molecular flexibility index (Phi) is 3.65. The third-order valence-electron chi connectivity index (χ3n) is 3.48. The second kappa shape index (κ2) is 5.42. The third-order valence-corrected chi connectivity index (χ3v) is 3.48. The number of hydrogen-bond donors (Lipinski definition) is 1. The van der Waals surface area contributed by atoms with E-state index in [2.05, 4.69) is 0 Å². The van der Waals surface area contributed by atoms with Crippen LogP contribution in [0.15, 0.2) is 18.2 Å². The van der Waals surface area contributed by atoms with Crippen LogP contribution in [0.3, 0.4) is 0 Å². The van der Waals surface area contributed by atoms with Gasteiger partial charge in [-0.1, -0.05) is 0 Å². The zero-order valence-corrected chi connectivity index (χ0v) is 10.7. The van der Waals surface area contributed by atoms with Gasteiger partial charge in [0.1, 0.15) is 18.7 Å². The number of hydrogen-bond acceptors (Lipinski definition) is 4. The van der Waals surface area contributed by atoms with Gasteiger partial charge in [-0.2, -0.15) is 5.48 Å². The maximum Gasteiger partial charge on any atom is 0.204 e. The van der Waals surface area contributed by atoms with Crippen LogP contribution in [-0.2, 0) is 14.3 Å². The Hall–Kier alpha value is -1.21. The van der Waals surface area contributed by atoms with Crippen LogP contribution in [0.2, 0.25) is 0 Å². The lowest BCUT2D eigenvalue weighted by Crippen LogP contribution is -2.76. The van der Waals surface area contributed by atoms with Crippen LogP contribution in [-0.4, -0.2) is 32.2 Å². The summed E-state index contributed by atoms with van der Waals surface area (Å²) in [5, 5.41) is 0. The molecule has 0 radical (unpaired) electrons. The number of quaternary nitrogens is 1. The van der Waals surface area contributed by atoms with Crippen LogP contribution in [0.1, 0.15) is 12.8 Å². The second-order valence-corrected chi connectivity index (χ2v) is 4.78. The number of rotatable bonds is 4. The highest BCUT2D eigenvalue weighted by Crippen LogP contribution is 2.34. The van der Waals surface area contributed by atoms with E-state index >= 15 is 0 Å². The van der Waals surface area contributed by atoms with Crippen LogP contribution in [0.5, 0.6) is 5.75 Å². The van der Waals surface area contributed by atoms with Crippen molar-refractivity contribution in [1.29, 1.82) is 0 Å². The van der Waals surface area contributed by atoms with E-state index in [0.717, 1.165) is 18.5 Å². The van der Waals surface area contributed by atoms with Gasteiger partial charge in [-0.05, 0) is 6.07 Å². The molecule has 5 nitrogen and oxygen atoms in total. The molecule has 1 aromatic rings. The molecule has 1 aromatic carbocycles. The van der Waals surface area contributed by atoms with Gasteiger partial charge in [0.05, 0.1) is 19.3 Å². The summed E-state index contributed by atoms with van der Waals surface area (Å²) in [5.41, 5.74) is 2.26. The summed E-state index contributed by atoms with van der Waals surface area (Å²) in [6.45, 7) is 0.366. The fraction of sp³-hybridized carbons (Fsp3) is 0.538. The zero-order valence-electron chi connectivity index (χ0n) is 10.7. The normalized spacial score (nSPS) is 29.5. The minimum Gasteiger partial charge on any atom is -0.484 e. The van der Waals surface area contributed by atoms with Crippen LogP contribution in [0.25, 0.3) is 0 Å². The van der Waals surface area contributed by atoms with Gasteiger partial charge in [0.15, 0.2) is 5.75 Å². The molecule has 3 rings (SSSR count). The minimum atomic E-state index is -0.325. The van der Waals surface area contributed by atoms with Crippen molar-refractivity contribution in [3.8, 4) is 5.75 Å². The molecule has 1 saturated carbocycles. The van der Waals surface area contributed by atoms with E-state index in [-0.39, 0.29) is 24.1 Å². The van der Waals surface area contributed by atoms with Gasteiger partial charge in [0.25, 0.3) is 0 Å². The van der Waals surface area contributed by atoms with Crippen molar-refractivity contribution in [3.05, 3.63) is 24.0 Å². The zero-order chi connectivity index (χ0) is 13.2. The van der Waals surface area contributed by atoms with E-state index in [1.54, 1.807) is 13.2 Å². The van der Waals surface area contributed by atoms with E-state index in [0.29, 0.717) is 12.5 Å². The highest BCUT2D eigenvalue weighted by molar-refractivity contribution is 5.45. The lowest BCUT2D eigenvalue weighted by molar-refractivity contribution is -0.830. The van der Waals surface area contributed by atoms with Gasteiger partial charge in [0.2, 0.25) is 5.69 Å². The fourth-order valence-corrected chi connectivity index (χ4v) is 2.59.